The van der Waals surface area contributed by atoms with Crippen LogP contribution in [0.15, 0.2) is 36.4 Å². The number of nitrogens with zero attached hydrogens (tertiary/aromatic N) is 5. The molecule has 1 aromatic heterocycles. The topological polar surface area (TPSA) is 81.9 Å². The van der Waals surface area contributed by atoms with Gasteiger partial charge in [-0.1, -0.05) is 30.3 Å². The molecule has 1 atom stereocenters. The summed E-state index contributed by atoms with van der Waals surface area (Å²) in [6.07, 6.45) is -0.174. The molecule has 1 saturated heterocycles. The average molecular weight is 383 g/mol. The lowest BCUT2D eigenvalue weighted by molar-refractivity contribution is -0.133. The molecule has 2 aliphatic heterocycles. The molecule has 3 heterocycles. The number of amides is 3. The van der Waals surface area contributed by atoms with Gasteiger partial charge in [0.2, 0.25) is 5.91 Å². The first kappa shape index (κ1) is 18.5. The highest BCUT2D eigenvalue weighted by Crippen LogP contribution is 2.21. The molecule has 1 fully saturated rings. The van der Waals surface area contributed by atoms with Gasteiger partial charge >= 0.3 is 6.03 Å². The molecule has 0 radical (unpaired) electrons. The van der Waals surface area contributed by atoms with Crippen molar-refractivity contribution in [2.24, 2.45) is 0 Å². The van der Waals surface area contributed by atoms with Crippen molar-refractivity contribution in [3.63, 3.8) is 0 Å². The van der Waals surface area contributed by atoms with Crippen LogP contribution in [-0.4, -0.2) is 74.8 Å². The maximum atomic E-state index is 12.6. The van der Waals surface area contributed by atoms with E-state index in [1.165, 1.54) is 0 Å². The van der Waals surface area contributed by atoms with E-state index in [1.54, 1.807) is 21.7 Å². The summed E-state index contributed by atoms with van der Waals surface area (Å²) in [7, 11) is 1.74. The highest BCUT2D eigenvalue weighted by molar-refractivity contribution is 5.85. The molecule has 28 heavy (non-hydrogen) atoms. The second kappa shape index (κ2) is 7.63. The van der Waals surface area contributed by atoms with Crippen molar-refractivity contribution in [3.8, 4) is 0 Å². The number of aromatic nitrogens is 2. The van der Waals surface area contributed by atoms with E-state index >= 15 is 0 Å². The van der Waals surface area contributed by atoms with Crippen molar-refractivity contribution in [2.75, 3.05) is 33.2 Å². The van der Waals surface area contributed by atoms with E-state index in [4.69, 9.17) is 0 Å². The maximum Gasteiger partial charge on any atom is 0.320 e. The molecule has 0 unspecified atom stereocenters. The number of hydrogen-bond acceptors (Lipinski definition) is 4. The van der Waals surface area contributed by atoms with Gasteiger partial charge in [0, 0.05) is 33.1 Å². The minimum absolute atomic E-state index is 0.0533. The van der Waals surface area contributed by atoms with Crippen LogP contribution in [0.4, 0.5) is 4.79 Å². The monoisotopic (exact) mass is 383 g/mol. The second-order valence-electron chi connectivity index (χ2n) is 7.43. The van der Waals surface area contributed by atoms with E-state index in [-0.39, 0.29) is 18.5 Å². The number of benzene rings is 1. The molecule has 0 aliphatic carbocycles. The van der Waals surface area contributed by atoms with Gasteiger partial charge in [-0.15, -0.1) is 0 Å². The largest absolute Gasteiger partial charge is 0.386 e. The van der Waals surface area contributed by atoms with E-state index in [0.29, 0.717) is 44.8 Å². The van der Waals surface area contributed by atoms with Crippen molar-refractivity contribution in [3.05, 3.63) is 53.3 Å². The van der Waals surface area contributed by atoms with Crippen LogP contribution in [0.2, 0.25) is 0 Å². The number of aliphatic hydroxyl groups is 1. The highest BCUT2D eigenvalue weighted by atomic mass is 16.3. The summed E-state index contributed by atoms with van der Waals surface area (Å²) in [5, 5.41) is 15.1. The Labute approximate surface area is 163 Å². The Kier molecular flexibility index (Phi) is 5.04. The van der Waals surface area contributed by atoms with Crippen LogP contribution >= 0.6 is 0 Å². The minimum Gasteiger partial charge on any atom is -0.386 e. The molecule has 2 aromatic rings. The first-order chi connectivity index (χ1) is 13.5. The number of likely N-dealkylation sites (N-methyl/N-ethyl adjacent to an activating group) is 1. The normalized spacial score (nSPS) is 17.8. The van der Waals surface area contributed by atoms with E-state index < -0.39 is 6.10 Å². The summed E-state index contributed by atoms with van der Waals surface area (Å²) in [4.78, 5) is 29.6. The average Bonchev–Trinajstić information content (AvgIpc) is 3.27. The fourth-order valence-electron chi connectivity index (χ4n) is 3.72. The summed E-state index contributed by atoms with van der Waals surface area (Å²) in [5.41, 5.74) is 2.59. The smallest absolute Gasteiger partial charge is 0.320 e. The van der Waals surface area contributed by atoms with Gasteiger partial charge in [0.15, 0.2) is 0 Å². The summed E-state index contributed by atoms with van der Waals surface area (Å²) in [6, 6.07) is 11.6. The summed E-state index contributed by atoms with van der Waals surface area (Å²) >= 11 is 0. The van der Waals surface area contributed by atoms with Crippen molar-refractivity contribution in [1.82, 2.24) is 24.5 Å². The van der Waals surface area contributed by atoms with Gasteiger partial charge < -0.3 is 19.8 Å². The highest BCUT2D eigenvalue weighted by Gasteiger charge is 2.30. The van der Waals surface area contributed by atoms with Crippen LogP contribution in [0.5, 0.6) is 0 Å². The standard InChI is InChI=1S/C20H25N5O3/c1-22-7-8-24(20(22)28)14-19(27)23-9-10-25-16(13-23)12-17(21-25)18(26)11-15-5-3-2-4-6-15/h2-6,12,18,26H,7-11,13-14H2,1H3/t18-/m1/s1. The van der Waals surface area contributed by atoms with Crippen molar-refractivity contribution in [2.45, 2.75) is 25.6 Å². The number of aliphatic hydroxyl groups excluding tert-OH is 1. The van der Waals surface area contributed by atoms with Crippen LogP contribution in [0, 0.1) is 0 Å². The predicted molar refractivity (Wildman–Crippen MR) is 102 cm³/mol. The van der Waals surface area contributed by atoms with Gasteiger partial charge in [-0.2, -0.15) is 5.10 Å². The number of urea groups is 1. The van der Waals surface area contributed by atoms with E-state index in [1.807, 2.05) is 41.1 Å². The van der Waals surface area contributed by atoms with Gasteiger partial charge in [-0.3, -0.25) is 9.48 Å². The molecule has 1 N–H and O–H groups in total. The van der Waals surface area contributed by atoms with Gasteiger partial charge in [-0.25, -0.2) is 4.79 Å². The SMILES string of the molecule is CN1CCN(CC(=O)N2CCn3nc([C@H](O)Cc4ccccc4)cc3C2)C1=O. The summed E-state index contributed by atoms with van der Waals surface area (Å²) in [6.45, 7) is 2.94. The van der Waals surface area contributed by atoms with Gasteiger partial charge in [0.05, 0.1) is 24.5 Å². The fourth-order valence-corrected chi connectivity index (χ4v) is 3.72. The van der Waals surface area contributed by atoms with E-state index in [9.17, 15) is 14.7 Å². The number of fused-ring (bicyclic) bond motifs is 1. The van der Waals surface area contributed by atoms with Crippen LogP contribution < -0.4 is 0 Å². The molecule has 0 bridgehead atoms. The quantitative estimate of drug-likeness (QED) is 0.831. The summed E-state index contributed by atoms with van der Waals surface area (Å²) in [5.74, 6) is -0.0533. The molecule has 2 aliphatic rings. The number of rotatable bonds is 5. The zero-order valence-electron chi connectivity index (χ0n) is 16.0. The number of carbonyl (C=O) groups excluding carboxylic acids is 2. The van der Waals surface area contributed by atoms with Crippen molar-refractivity contribution in [1.29, 1.82) is 0 Å². The Hall–Kier alpha value is -2.87. The first-order valence-corrected chi connectivity index (χ1v) is 9.57. The van der Waals surface area contributed by atoms with Gasteiger partial charge in [-0.05, 0) is 11.6 Å². The van der Waals surface area contributed by atoms with Crippen LogP contribution in [0.3, 0.4) is 0 Å². The zero-order valence-corrected chi connectivity index (χ0v) is 16.0. The lowest BCUT2D eigenvalue weighted by Crippen LogP contribution is -2.44. The van der Waals surface area contributed by atoms with E-state index in [2.05, 4.69) is 5.10 Å². The van der Waals surface area contributed by atoms with Crippen molar-refractivity contribution < 1.29 is 14.7 Å². The molecule has 4 rings (SSSR count). The molecule has 0 saturated carbocycles. The summed E-state index contributed by atoms with van der Waals surface area (Å²) < 4.78 is 1.86. The molecule has 8 heteroatoms. The zero-order chi connectivity index (χ0) is 19.7. The van der Waals surface area contributed by atoms with Gasteiger partial charge in [0.1, 0.15) is 12.6 Å². The third-order valence-corrected chi connectivity index (χ3v) is 5.41. The lowest BCUT2D eigenvalue weighted by atomic mass is 10.1. The molecule has 3 amide bonds. The van der Waals surface area contributed by atoms with Gasteiger partial charge in [0.25, 0.3) is 0 Å². The Balaban J connectivity index is 1.39. The molecule has 1 aromatic carbocycles. The molecule has 8 nitrogen and oxygen atoms in total. The Morgan fingerprint density at radius 1 is 1.18 bits per heavy atom. The third kappa shape index (κ3) is 3.73. The molecular formula is C20H25N5O3. The minimum atomic E-state index is -0.678. The lowest BCUT2D eigenvalue weighted by Gasteiger charge is -2.29. The Morgan fingerprint density at radius 2 is 1.96 bits per heavy atom. The fraction of sp³-hybridized carbons (Fsp3) is 0.450. The number of hydrogen-bond donors (Lipinski definition) is 1. The molecule has 148 valence electrons. The number of carbonyl (C=O) groups is 2. The van der Waals surface area contributed by atoms with Crippen LogP contribution in [0.1, 0.15) is 23.1 Å². The molecular weight excluding hydrogens is 358 g/mol. The first-order valence-electron chi connectivity index (χ1n) is 9.57. The Morgan fingerprint density at radius 3 is 2.68 bits per heavy atom. The maximum absolute atomic E-state index is 12.6. The Bertz CT molecular complexity index is 866. The third-order valence-electron chi connectivity index (χ3n) is 5.41. The second-order valence-corrected chi connectivity index (χ2v) is 7.43. The molecule has 0 spiro atoms. The van der Waals surface area contributed by atoms with Crippen molar-refractivity contribution >= 4 is 11.9 Å². The van der Waals surface area contributed by atoms with Crippen LogP contribution in [-0.2, 0) is 24.3 Å². The van der Waals surface area contributed by atoms with E-state index in [0.717, 1.165) is 11.3 Å². The predicted octanol–water partition coefficient (Wildman–Crippen LogP) is 0.869. The van der Waals surface area contributed by atoms with Crippen LogP contribution in [0.25, 0.3) is 0 Å².